The van der Waals surface area contributed by atoms with E-state index < -0.39 is 5.91 Å². The molecule has 0 unspecified atom stereocenters. The number of halogens is 1. The number of nitrogens with zero attached hydrogens (tertiary/aromatic N) is 4. The number of amides is 2. The number of rotatable bonds is 6. The molecule has 158 valence electrons. The number of benzene rings is 2. The number of hydrogen-bond donors (Lipinski definition) is 1. The molecule has 2 heterocycles. The number of aromatic nitrogens is 2. The van der Waals surface area contributed by atoms with Crippen LogP contribution in [0.2, 0.25) is 5.02 Å². The predicted molar refractivity (Wildman–Crippen MR) is 114 cm³/mol. The number of carbonyl (C=O) groups excluding carboxylic acids is 2. The molecule has 0 bridgehead atoms. The highest BCUT2D eigenvalue weighted by atomic mass is 35.5. The van der Waals surface area contributed by atoms with Gasteiger partial charge in [0.05, 0.1) is 12.1 Å². The fourth-order valence-corrected chi connectivity index (χ4v) is 3.26. The third-order valence-electron chi connectivity index (χ3n) is 4.54. The van der Waals surface area contributed by atoms with Crippen LogP contribution in [-0.4, -0.2) is 46.3 Å². The lowest BCUT2D eigenvalue weighted by atomic mass is 10.1. The molecule has 9 nitrogen and oxygen atoms in total. The lowest BCUT2D eigenvalue weighted by Gasteiger charge is -2.21. The summed E-state index contributed by atoms with van der Waals surface area (Å²) in [6.07, 6.45) is 0.533. The molecular weight excluding hydrogens is 422 g/mol. The Labute approximate surface area is 182 Å². The number of hydrazone groups is 1. The Morgan fingerprint density at radius 1 is 1.23 bits per heavy atom. The van der Waals surface area contributed by atoms with Crippen LogP contribution < -0.4 is 10.1 Å². The second kappa shape index (κ2) is 8.97. The lowest BCUT2D eigenvalue weighted by molar-refractivity contribution is -0.135. The van der Waals surface area contributed by atoms with E-state index in [4.69, 9.17) is 20.9 Å². The highest BCUT2D eigenvalue weighted by Crippen LogP contribution is 2.27. The van der Waals surface area contributed by atoms with Crippen molar-refractivity contribution in [1.29, 1.82) is 0 Å². The van der Waals surface area contributed by atoms with E-state index in [-0.39, 0.29) is 24.8 Å². The van der Waals surface area contributed by atoms with Crippen LogP contribution in [0.3, 0.4) is 0 Å². The van der Waals surface area contributed by atoms with Gasteiger partial charge in [-0.25, -0.2) is 5.01 Å². The Balaban J connectivity index is 1.46. The SMILES string of the molecule is COc1ccc(NC(=O)CN2N=C(c3nc(-c4ccccc4)no3)CCC2=O)cc1Cl. The van der Waals surface area contributed by atoms with E-state index in [0.717, 1.165) is 10.6 Å². The molecule has 0 saturated carbocycles. The van der Waals surface area contributed by atoms with Crippen LogP contribution in [0.25, 0.3) is 11.4 Å². The Morgan fingerprint density at radius 2 is 2.03 bits per heavy atom. The fourth-order valence-electron chi connectivity index (χ4n) is 3.00. The van der Waals surface area contributed by atoms with Gasteiger partial charge in [0.1, 0.15) is 18.0 Å². The van der Waals surface area contributed by atoms with Crippen LogP contribution in [-0.2, 0) is 9.59 Å². The molecule has 1 aromatic heterocycles. The van der Waals surface area contributed by atoms with Gasteiger partial charge in [0, 0.05) is 24.1 Å². The highest BCUT2D eigenvalue weighted by molar-refractivity contribution is 6.32. The maximum absolute atomic E-state index is 12.4. The Bertz CT molecular complexity index is 1150. The molecule has 4 rings (SSSR count). The average molecular weight is 440 g/mol. The standard InChI is InChI=1S/C21H18ClN5O4/c1-30-17-9-7-14(11-15(17)22)23-18(28)12-27-19(29)10-8-16(25-27)21-24-20(26-31-21)13-5-3-2-4-6-13/h2-7,9,11H,8,10,12H2,1H3,(H,23,28). The molecule has 0 radical (unpaired) electrons. The molecule has 1 aliphatic rings. The van der Waals surface area contributed by atoms with Crippen LogP contribution in [0.5, 0.6) is 5.75 Å². The van der Waals surface area contributed by atoms with E-state index in [0.29, 0.717) is 34.4 Å². The minimum Gasteiger partial charge on any atom is -0.495 e. The van der Waals surface area contributed by atoms with Crippen LogP contribution in [0.15, 0.2) is 58.2 Å². The van der Waals surface area contributed by atoms with E-state index in [1.807, 2.05) is 30.3 Å². The molecule has 0 fully saturated rings. The molecule has 0 spiro atoms. The minimum absolute atomic E-state index is 0.184. The topological polar surface area (TPSA) is 110 Å². The van der Waals surface area contributed by atoms with Crippen molar-refractivity contribution in [2.24, 2.45) is 5.10 Å². The van der Waals surface area contributed by atoms with E-state index in [9.17, 15) is 9.59 Å². The number of hydrogen-bond acceptors (Lipinski definition) is 7. The van der Waals surface area contributed by atoms with Crippen molar-refractivity contribution in [2.75, 3.05) is 19.0 Å². The zero-order valence-corrected chi connectivity index (χ0v) is 17.3. The first-order valence-electron chi connectivity index (χ1n) is 9.44. The molecule has 0 aliphatic carbocycles. The van der Waals surface area contributed by atoms with Gasteiger partial charge in [0.2, 0.25) is 17.6 Å². The second-order valence-corrected chi connectivity index (χ2v) is 7.09. The summed E-state index contributed by atoms with van der Waals surface area (Å²) in [4.78, 5) is 29.0. The molecule has 0 saturated heterocycles. The minimum atomic E-state index is -0.421. The van der Waals surface area contributed by atoms with Gasteiger partial charge < -0.3 is 14.6 Å². The van der Waals surface area contributed by atoms with E-state index in [1.54, 1.807) is 18.2 Å². The number of ether oxygens (including phenoxy) is 1. The van der Waals surface area contributed by atoms with Gasteiger partial charge in [-0.05, 0) is 18.2 Å². The first-order valence-corrected chi connectivity index (χ1v) is 9.82. The molecule has 2 amide bonds. The molecule has 1 N–H and O–H groups in total. The fraction of sp³-hybridized carbons (Fsp3) is 0.190. The summed E-state index contributed by atoms with van der Waals surface area (Å²) in [6.45, 7) is -0.258. The predicted octanol–water partition coefficient (Wildman–Crippen LogP) is 3.36. The maximum Gasteiger partial charge on any atom is 0.274 e. The van der Waals surface area contributed by atoms with Gasteiger partial charge in [-0.1, -0.05) is 47.1 Å². The molecule has 1 aliphatic heterocycles. The lowest BCUT2D eigenvalue weighted by Crippen LogP contribution is -2.38. The van der Waals surface area contributed by atoms with Crippen LogP contribution in [0, 0.1) is 0 Å². The number of anilines is 1. The van der Waals surface area contributed by atoms with Gasteiger partial charge in [-0.15, -0.1) is 0 Å². The smallest absolute Gasteiger partial charge is 0.274 e. The van der Waals surface area contributed by atoms with Gasteiger partial charge in [-0.2, -0.15) is 10.1 Å². The van der Waals surface area contributed by atoms with Crippen molar-refractivity contribution in [2.45, 2.75) is 12.8 Å². The quantitative estimate of drug-likeness (QED) is 0.630. The summed E-state index contributed by atoms with van der Waals surface area (Å²) >= 11 is 6.08. The summed E-state index contributed by atoms with van der Waals surface area (Å²) in [5.74, 6) is 0.452. The number of carbonyl (C=O) groups is 2. The van der Waals surface area contributed by atoms with Gasteiger partial charge in [-0.3, -0.25) is 9.59 Å². The van der Waals surface area contributed by atoms with Crippen molar-refractivity contribution < 1.29 is 18.8 Å². The Hall–Kier alpha value is -3.72. The van der Waals surface area contributed by atoms with Crippen molar-refractivity contribution in [3.05, 3.63) is 59.4 Å². The Kier molecular flexibility index (Phi) is 5.94. The molecule has 31 heavy (non-hydrogen) atoms. The van der Waals surface area contributed by atoms with Gasteiger partial charge in [0.15, 0.2) is 0 Å². The van der Waals surface area contributed by atoms with Gasteiger partial charge in [0.25, 0.3) is 5.89 Å². The summed E-state index contributed by atoms with van der Waals surface area (Å²) < 4.78 is 10.4. The van der Waals surface area contributed by atoms with Crippen molar-refractivity contribution >= 4 is 34.8 Å². The normalized spacial score (nSPS) is 13.7. The maximum atomic E-state index is 12.4. The van der Waals surface area contributed by atoms with Crippen molar-refractivity contribution in [1.82, 2.24) is 15.1 Å². The summed E-state index contributed by atoms with van der Waals surface area (Å²) in [5, 5.41) is 12.4. The summed E-state index contributed by atoms with van der Waals surface area (Å²) in [6, 6.07) is 14.2. The molecule has 10 heteroatoms. The molecule has 2 aromatic carbocycles. The van der Waals surface area contributed by atoms with Crippen molar-refractivity contribution in [3.63, 3.8) is 0 Å². The number of nitrogens with one attached hydrogen (secondary N) is 1. The largest absolute Gasteiger partial charge is 0.495 e. The number of methoxy groups -OCH3 is 1. The monoisotopic (exact) mass is 439 g/mol. The average Bonchev–Trinajstić information content (AvgIpc) is 3.26. The first kappa shape index (κ1) is 20.5. The molecule has 3 aromatic rings. The third-order valence-corrected chi connectivity index (χ3v) is 4.83. The van der Waals surface area contributed by atoms with E-state index >= 15 is 0 Å². The zero-order valence-electron chi connectivity index (χ0n) is 16.5. The highest BCUT2D eigenvalue weighted by Gasteiger charge is 2.26. The van der Waals surface area contributed by atoms with Gasteiger partial charge >= 0.3 is 0 Å². The zero-order chi connectivity index (χ0) is 21.8. The summed E-state index contributed by atoms with van der Waals surface area (Å²) in [5.41, 5.74) is 1.74. The first-order chi connectivity index (χ1) is 15.0. The van der Waals surface area contributed by atoms with Crippen LogP contribution in [0.4, 0.5) is 5.69 Å². The molecule has 0 atom stereocenters. The molecular formula is C21H18ClN5O4. The third kappa shape index (κ3) is 4.72. The second-order valence-electron chi connectivity index (χ2n) is 6.68. The van der Waals surface area contributed by atoms with E-state index in [1.165, 1.54) is 7.11 Å². The van der Waals surface area contributed by atoms with Crippen LogP contribution >= 0.6 is 11.6 Å². The summed E-state index contributed by atoms with van der Waals surface area (Å²) in [7, 11) is 1.50. The van der Waals surface area contributed by atoms with E-state index in [2.05, 4.69) is 20.6 Å². The van der Waals surface area contributed by atoms with Crippen LogP contribution in [0.1, 0.15) is 18.7 Å². The van der Waals surface area contributed by atoms with Crippen molar-refractivity contribution in [3.8, 4) is 17.1 Å². The Morgan fingerprint density at radius 3 is 2.77 bits per heavy atom.